The number of hydrogen-bond donors (Lipinski definition) is 1. The van der Waals surface area contributed by atoms with Gasteiger partial charge in [-0.15, -0.1) is 0 Å². The Morgan fingerprint density at radius 1 is 1.03 bits per heavy atom. The van der Waals surface area contributed by atoms with Crippen LogP contribution < -0.4 is 14.8 Å². The maximum Gasteiger partial charge on any atom is 0.317 e. The van der Waals surface area contributed by atoms with Crippen LogP contribution >= 0.6 is 0 Å². The predicted octanol–water partition coefficient (Wildman–Crippen LogP) is 2.41. The minimum atomic E-state index is -3.58. The molecule has 0 atom stereocenters. The lowest BCUT2D eigenvalue weighted by atomic mass is 10.2. The van der Waals surface area contributed by atoms with Crippen LogP contribution in [0, 0.1) is 13.8 Å². The van der Waals surface area contributed by atoms with Gasteiger partial charge in [0.2, 0.25) is 10.0 Å². The molecule has 1 aliphatic rings. The molecular weight excluding hydrogens is 418 g/mol. The number of benzene rings is 2. The van der Waals surface area contributed by atoms with Crippen molar-refractivity contribution in [1.29, 1.82) is 0 Å². The molecule has 1 N–H and O–H groups in total. The van der Waals surface area contributed by atoms with Crippen LogP contribution in [0.5, 0.6) is 11.5 Å². The van der Waals surface area contributed by atoms with Crippen molar-refractivity contribution >= 4 is 16.1 Å². The zero-order chi connectivity index (χ0) is 22.4. The zero-order valence-corrected chi connectivity index (χ0v) is 18.9. The van der Waals surface area contributed by atoms with Gasteiger partial charge in [-0.3, -0.25) is 0 Å². The fourth-order valence-electron chi connectivity index (χ4n) is 3.42. The van der Waals surface area contributed by atoms with E-state index in [-0.39, 0.29) is 19.1 Å². The van der Waals surface area contributed by atoms with Gasteiger partial charge in [-0.05, 0) is 43.2 Å². The molecule has 0 unspecified atom stereocenters. The Hall–Kier alpha value is -2.78. The lowest BCUT2D eigenvalue weighted by Crippen LogP contribution is -2.53. The molecule has 31 heavy (non-hydrogen) atoms. The number of piperazine rings is 1. The number of aryl methyl sites for hydroxylation is 2. The monoisotopic (exact) mass is 447 g/mol. The van der Waals surface area contributed by atoms with Crippen molar-refractivity contribution in [3.05, 3.63) is 53.6 Å². The average Bonchev–Trinajstić information content (AvgIpc) is 2.78. The molecule has 1 saturated heterocycles. The molecule has 1 fully saturated rings. The number of ether oxygens (including phenoxy) is 2. The number of rotatable bonds is 7. The second-order valence-corrected chi connectivity index (χ2v) is 9.30. The summed E-state index contributed by atoms with van der Waals surface area (Å²) in [5.41, 5.74) is 1.62. The molecule has 1 aliphatic heterocycles. The Bertz CT molecular complexity index is 1020. The molecule has 0 bridgehead atoms. The maximum atomic E-state index is 13.0. The molecule has 0 saturated carbocycles. The molecule has 168 valence electrons. The summed E-state index contributed by atoms with van der Waals surface area (Å²) in [6, 6.07) is 12.5. The standard InChI is InChI=1S/C22H29N3O5S/c1-17-8-9-18(2)21(16-17)31(27,28)25-13-11-24(12-14-25)22(26)23-10-15-30-20-7-5-4-6-19(20)29-3/h4-9,16H,10-15H2,1-3H3,(H,23,26). The number of urea groups is 1. The SMILES string of the molecule is COc1ccccc1OCCNC(=O)N1CCN(S(=O)(=O)c2cc(C)ccc2C)CC1. The summed E-state index contributed by atoms with van der Waals surface area (Å²) in [6.07, 6.45) is 0. The first-order valence-corrected chi connectivity index (χ1v) is 11.6. The van der Waals surface area contributed by atoms with Crippen molar-refractivity contribution in [2.24, 2.45) is 0 Å². The van der Waals surface area contributed by atoms with Crippen LogP contribution in [0.25, 0.3) is 0 Å². The first-order chi connectivity index (χ1) is 14.8. The lowest BCUT2D eigenvalue weighted by Gasteiger charge is -2.34. The van der Waals surface area contributed by atoms with E-state index in [1.54, 1.807) is 37.1 Å². The highest BCUT2D eigenvalue weighted by Crippen LogP contribution is 2.25. The van der Waals surface area contributed by atoms with Gasteiger partial charge in [-0.2, -0.15) is 4.31 Å². The summed E-state index contributed by atoms with van der Waals surface area (Å²) >= 11 is 0. The summed E-state index contributed by atoms with van der Waals surface area (Å²) in [6.45, 7) is 5.50. The van der Waals surface area contributed by atoms with Gasteiger partial charge in [-0.1, -0.05) is 24.3 Å². The fourth-order valence-corrected chi connectivity index (χ4v) is 5.16. The largest absolute Gasteiger partial charge is 0.493 e. The average molecular weight is 448 g/mol. The maximum absolute atomic E-state index is 13.0. The minimum absolute atomic E-state index is 0.229. The Labute approximate surface area is 183 Å². The van der Waals surface area contributed by atoms with E-state index in [1.807, 2.05) is 31.2 Å². The van der Waals surface area contributed by atoms with Gasteiger partial charge in [-0.25, -0.2) is 13.2 Å². The summed E-state index contributed by atoms with van der Waals surface area (Å²) < 4.78 is 38.4. The molecule has 0 aliphatic carbocycles. The van der Waals surface area contributed by atoms with E-state index in [4.69, 9.17) is 9.47 Å². The van der Waals surface area contributed by atoms with E-state index in [0.717, 1.165) is 11.1 Å². The smallest absolute Gasteiger partial charge is 0.317 e. The van der Waals surface area contributed by atoms with Crippen molar-refractivity contribution in [3.63, 3.8) is 0 Å². The van der Waals surface area contributed by atoms with E-state index in [9.17, 15) is 13.2 Å². The third-order valence-corrected chi connectivity index (χ3v) is 7.23. The van der Waals surface area contributed by atoms with Gasteiger partial charge in [0.15, 0.2) is 11.5 Å². The van der Waals surface area contributed by atoms with Crippen LogP contribution in [0.2, 0.25) is 0 Å². The van der Waals surface area contributed by atoms with Gasteiger partial charge in [0, 0.05) is 26.2 Å². The van der Waals surface area contributed by atoms with E-state index in [0.29, 0.717) is 42.6 Å². The Morgan fingerprint density at radius 2 is 1.71 bits per heavy atom. The number of nitrogens with one attached hydrogen (secondary N) is 1. The fraction of sp³-hybridized carbons (Fsp3) is 0.409. The first kappa shape index (κ1) is 22.9. The summed E-state index contributed by atoms with van der Waals surface area (Å²) in [5, 5.41) is 2.82. The summed E-state index contributed by atoms with van der Waals surface area (Å²) in [7, 11) is -2.01. The quantitative estimate of drug-likeness (QED) is 0.659. The van der Waals surface area contributed by atoms with Gasteiger partial charge >= 0.3 is 6.03 Å². The van der Waals surface area contributed by atoms with Crippen LogP contribution in [0.1, 0.15) is 11.1 Å². The topological polar surface area (TPSA) is 88.2 Å². The lowest BCUT2D eigenvalue weighted by molar-refractivity contribution is 0.170. The molecule has 0 aromatic heterocycles. The number of nitrogens with zero attached hydrogens (tertiary/aromatic N) is 2. The van der Waals surface area contributed by atoms with Crippen LogP contribution in [0.4, 0.5) is 4.79 Å². The van der Waals surface area contributed by atoms with Gasteiger partial charge in [0.05, 0.1) is 18.6 Å². The molecule has 9 heteroatoms. The normalized spacial score (nSPS) is 14.9. The van der Waals surface area contributed by atoms with E-state index >= 15 is 0 Å². The molecule has 1 heterocycles. The van der Waals surface area contributed by atoms with Crippen molar-refractivity contribution in [3.8, 4) is 11.5 Å². The predicted molar refractivity (Wildman–Crippen MR) is 118 cm³/mol. The van der Waals surface area contributed by atoms with Crippen LogP contribution in [-0.4, -0.2) is 70.1 Å². The first-order valence-electron chi connectivity index (χ1n) is 10.2. The highest BCUT2D eigenvalue weighted by molar-refractivity contribution is 7.89. The van der Waals surface area contributed by atoms with Crippen molar-refractivity contribution in [2.45, 2.75) is 18.7 Å². The molecule has 0 spiro atoms. The number of amides is 2. The van der Waals surface area contributed by atoms with Crippen molar-refractivity contribution in [2.75, 3.05) is 46.4 Å². The number of methoxy groups -OCH3 is 1. The van der Waals surface area contributed by atoms with Gasteiger partial charge in [0.1, 0.15) is 6.61 Å². The van der Waals surface area contributed by atoms with Crippen molar-refractivity contribution in [1.82, 2.24) is 14.5 Å². The van der Waals surface area contributed by atoms with E-state index < -0.39 is 10.0 Å². The second kappa shape index (κ2) is 10.0. The number of carbonyl (C=O) groups is 1. The summed E-state index contributed by atoms with van der Waals surface area (Å²) in [4.78, 5) is 14.4. The van der Waals surface area contributed by atoms with Crippen LogP contribution in [0.3, 0.4) is 0 Å². The number of sulfonamides is 1. The van der Waals surface area contributed by atoms with E-state index in [1.165, 1.54) is 4.31 Å². The number of carbonyl (C=O) groups excluding carboxylic acids is 1. The van der Waals surface area contributed by atoms with Crippen molar-refractivity contribution < 1.29 is 22.7 Å². The molecule has 2 aromatic carbocycles. The highest BCUT2D eigenvalue weighted by Gasteiger charge is 2.31. The Balaban J connectivity index is 1.48. The van der Waals surface area contributed by atoms with Gasteiger partial charge in [0.25, 0.3) is 0 Å². The zero-order valence-electron chi connectivity index (χ0n) is 18.1. The van der Waals surface area contributed by atoms with Crippen LogP contribution in [0.15, 0.2) is 47.4 Å². The minimum Gasteiger partial charge on any atom is -0.493 e. The molecule has 8 nitrogen and oxygen atoms in total. The van der Waals surface area contributed by atoms with E-state index in [2.05, 4.69) is 5.32 Å². The Morgan fingerprint density at radius 3 is 2.39 bits per heavy atom. The molecule has 2 amide bonds. The second-order valence-electron chi connectivity index (χ2n) is 7.39. The third-order valence-electron chi connectivity index (χ3n) is 5.19. The Kier molecular flexibility index (Phi) is 7.40. The highest BCUT2D eigenvalue weighted by atomic mass is 32.2. The number of hydrogen-bond acceptors (Lipinski definition) is 5. The van der Waals surface area contributed by atoms with Gasteiger partial charge < -0.3 is 19.7 Å². The molecule has 0 radical (unpaired) electrons. The molecule has 2 aromatic rings. The number of para-hydroxylation sites is 2. The van der Waals surface area contributed by atoms with Crippen LogP contribution in [-0.2, 0) is 10.0 Å². The molecule has 3 rings (SSSR count). The summed E-state index contributed by atoms with van der Waals surface area (Å²) in [5.74, 6) is 1.25. The molecular formula is C22H29N3O5S. The third kappa shape index (κ3) is 5.48.